The van der Waals surface area contributed by atoms with E-state index in [9.17, 15) is 4.79 Å². The lowest BCUT2D eigenvalue weighted by atomic mass is 9.75. The van der Waals surface area contributed by atoms with Crippen LogP contribution >= 0.6 is 0 Å². The zero-order valence-electron chi connectivity index (χ0n) is 13.6. The molecule has 3 nitrogen and oxygen atoms in total. The van der Waals surface area contributed by atoms with Gasteiger partial charge in [-0.1, -0.05) is 37.3 Å². The predicted molar refractivity (Wildman–Crippen MR) is 87.0 cm³/mol. The summed E-state index contributed by atoms with van der Waals surface area (Å²) in [5.41, 5.74) is 1.05. The van der Waals surface area contributed by atoms with Gasteiger partial charge in [-0.15, -0.1) is 0 Å². The Kier molecular flexibility index (Phi) is 5.40. The van der Waals surface area contributed by atoms with Crippen LogP contribution in [0.15, 0.2) is 30.3 Å². The number of amides is 1. The van der Waals surface area contributed by atoms with E-state index in [2.05, 4.69) is 43.1 Å². The monoisotopic (exact) mass is 288 g/mol. The van der Waals surface area contributed by atoms with E-state index in [4.69, 9.17) is 0 Å². The van der Waals surface area contributed by atoms with Gasteiger partial charge < -0.3 is 10.2 Å². The minimum Gasteiger partial charge on any atom is -0.335 e. The number of hydrogen-bond donors (Lipinski definition) is 1. The van der Waals surface area contributed by atoms with Gasteiger partial charge in [-0.2, -0.15) is 0 Å². The maximum absolute atomic E-state index is 13.2. The highest BCUT2D eigenvalue weighted by Crippen LogP contribution is 2.35. The maximum Gasteiger partial charge on any atom is 0.229 e. The van der Waals surface area contributed by atoms with E-state index in [0.29, 0.717) is 12.5 Å². The molecule has 21 heavy (non-hydrogen) atoms. The van der Waals surface area contributed by atoms with E-state index < -0.39 is 0 Å². The van der Waals surface area contributed by atoms with Crippen molar-refractivity contribution in [1.82, 2.24) is 10.2 Å². The van der Waals surface area contributed by atoms with Gasteiger partial charge in [-0.05, 0) is 51.8 Å². The number of carbonyl (C=O) groups is 1. The van der Waals surface area contributed by atoms with Gasteiger partial charge in [0.1, 0.15) is 0 Å². The Bertz CT molecular complexity index is 450. The molecule has 1 aromatic rings. The lowest BCUT2D eigenvalue weighted by molar-refractivity contribution is -0.146. The number of rotatable bonds is 5. The van der Waals surface area contributed by atoms with Crippen molar-refractivity contribution in [2.45, 2.75) is 52.6 Å². The molecule has 1 N–H and O–H groups in total. The molecule has 1 fully saturated rings. The van der Waals surface area contributed by atoms with Crippen molar-refractivity contribution in [2.24, 2.45) is 5.41 Å². The molecule has 0 unspecified atom stereocenters. The Balaban J connectivity index is 2.18. The summed E-state index contributed by atoms with van der Waals surface area (Å²) in [6, 6.07) is 10.5. The van der Waals surface area contributed by atoms with Gasteiger partial charge in [0.25, 0.3) is 0 Å². The lowest BCUT2D eigenvalue weighted by Gasteiger charge is -2.41. The summed E-state index contributed by atoms with van der Waals surface area (Å²) >= 11 is 0. The third kappa shape index (κ3) is 3.65. The molecule has 0 atom stereocenters. The minimum atomic E-state index is -0.162. The molecule has 0 saturated carbocycles. The van der Waals surface area contributed by atoms with Crippen LogP contribution in [-0.4, -0.2) is 29.9 Å². The van der Waals surface area contributed by atoms with E-state index in [1.165, 1.54) is 5.56 Å². The van der Waals surface area contributed by atoms with Crippen LogP contribution in [0.2, 0.25) is 0 Å². The Morgan fingerprint density at radius 1 is 1.24 bits per heavy atom. The van der Waals surface area contributed by atoms with Crippen molar-refractivity contribution in [3.8, 4) is 0 Å². The van der Waals surface area contributed by atoms with E-state index in [1.807, 2.05) is 18.2 Å². The summed E-state index contributed by atoms with van der Waals surface area (Å²) in [5, 5.41) is 3.38. The highest BCUT2D eigenvalue weighted by atomic mass is 16.2. The van der Waals surface area contributed by atoms with Crippen molar-refractivity contribution < 1.29 is 4.79 Å². The Morgan fingerprint density at radius 2 is 1.86 bits per heavy atom. The number of hydrogen-bond acceptors (Lipinski definition) is 2. The maximum atomic E-state index is 13.2. The molecule has 3 heteroatoms. The molecule has 0 bridgehead atoms. The number of benzene rings is 1. The molecule has 1 amide bonds. The Labute approximate surface area is 128 Å². The van der Waals surface area contributed by atoms with Crippen LogP contribution in [0.1, 0.15) is 45.6 Å². The van der Waals surface area contributed by atoms with Crippen LogP contribution in [0.4, 0.5) is 0 Å². The number of nitrogens with zero attached hydrogens (tertiary/aromatic N) is 1. The summed E-state index contributed by atoms with van der Waals surface area (Å²) in [5.74, 6) is 0.338. The zero-order valence-corrected chi connectivity index (χ0v) is 13.6. The van der Waals surface area contributed by atoms with Gasteiger partial charge in [0.05, 0.1) is 5.41 Å². The molecule has 0 aliphatic carbocycles. The first kappa shape index (κ1) is 16.0. The molecular formula is C18H28N2O. The van der Waals surface area contributed by atoms with Crippen LogP contribution in [0.25, 0.3) is 0 Å². The van der Waals surface area contributed by atoms with E-state index in [-0.39, 0.29) is 11.5 Å². The highest BCUT2D eigenvalue weighted by molar-refractivity contribution is 5.83. The van der Waals surface area contributed by atoms with Crippen LogP contribution in [0, 0.1) is 5.41 Å². The van der Waals surface area contributed by atoms with E-state index >= 15 is 0 Å². The molecular weight excluding hydrogens is 260 g/mol. The van der Waals surface area contributed by atoms with Crippen molar-refractivity contribution in [1.29, 1.82) is 0 Å². The fourth-order valence-corrected chi connectivity index (χ4v) is 3.20. The molecule has 1 aliphatic rings. The Morgan fingerprint density at radius 3 is 2.38 bits per heavy atom. The van der Waals surface area contributed by atoms with Crippen LogP contribution < -0.4 is 5.32 Å². The van der Waals surface area contributed by atoms with Gasteiger partial charge in [0.15, 0.2) is 0 Å². The number of carbonyl (C=O) groups excluding carboxylic acids is 1. The van der Waals surface area contributed by atoms with Gasteiger partial charge in [0.2, 0.25) is 5.91 Å². The molecule has 1 heterocycles. The number of piperidine rings is 1. The first-order valence-corrected chi connectivity index (χ1v) is 8.15. The molecule has 1 saturated heterocycles. The van der Waals surface area contributed by atoms with E-state index in [0.717, 1.165) is 32.4 Å². The Hall–Kier alpha value is -1.35. The van der Waals surface area contributed by atoms with Gasteiger partial charge >= 0.3 is 0 Å². The number of nitrogens with one attached hydrogen (secondary N) is 1. The van der Waals surface area contributed by atoms with Crippen molar-refractivity contribution in [3.05, 3.63) is 35.9 Å². The summed E-state index contributed by atoms with van der Waals surface area (Å²) in [7, 11) is 0. The molecule has 0 spiro atoms. The largest absolute Gasteiger partial charge is 0.335 e. The molecule has 1 aromatic carbocycles. The first-order valence-electron chi connectivity index (χ1n) is 8.15. The normalized spacial score (nSPS) is 17.7. The van der Waals surface area contributed by atoms with Crippen molar-refractivity contribution >= 4 is 5.91 Å². The second kappa shape index (κ2) is 7.08. The smallest absolute Gasteiger partial charge is 0.229 e. The van der Waals surface area contributed by atoms with E-state index in [1.54, 1.807) is 0 Å². The van der Waals surface area contributed by atoms with Crippen LogP contribution in [-0.2, 0) is 11.3 Å². The molecule has 116 valence electrons. The average molecular weight is 288 g/mol. The fourth-order valence-electron chi connectivity index (χ4n) is 3.20. The average Bonchev–Trinajstić information content (AvgIpc) is 2.53. The van der Waals surface area contributed by atoms with Crippen molar-refractivity contribution in [3.63, 3.8) is 0 Å². The quantitative estimate of drug-likeness (QED) is 0.902. The minimum absolute atomic E-state index is 0.162. The second-order valence-electron chi connectivity index (χ2n) is 6.40. The summed E-state index contributed by atoms with van der Waals surface area (Å²) in [4.78, 5) is 15.3. The highest BCUT2D eigenvalue weighted by Gasteiger charge is 2.41. The predicted octanol–water partition coefficient (Wildman–Crippen LogP) is 3.20. The molecule has 0 aromatic heterocycles. The van der Waals surface area contributed by atoms with Crippen LogP contribution in [0.3, 0.4) is 0 Å². The van der Waals surface area contributed by atoms with Gasteiger partial charge in [-0.25, -0.2) is 0 Å². The second-order valence-corrected chi connectivity index (χ2v) is 6.40. The molecule has 1 aliphatic heterocycles. The summed E-state index contributed by atoms with van der Waals surface area (Å²) < 4.78 is 0. The molecule has 2 rings (SSSR count). The lowest BCUT2D eigenvalue weighted by Crippen LogP contribution is -2.50. The third-order valence-electron chi connectivity index (χ3n) is 4.77. The third-order valence-corrected chi connectivity index (χ3v) is 4.77. The fraction of sp³-hybridized carbons (Fsp3) is 0.611. The summed E-state index contributed by atoms with van der Waals surface area (Å²) in [6.45, 7) is 9.01. The van der Waals surface area contributed by atoms with Crippen LogP contribution in [0.5, 0.6) is 0 Å². The zero-order chi connectivity index (χ0) is 15.3. The summed E-state index contributed by atoms with van der Waals surface area (Å²) in [6.07, 6.45) is 2.85. The topological polar surface area (TPSA) is 32.3 Å². The van der Waals surface area contributed by atoms with Gasteiger partial charge in [0, 0.05) is 12.6 Å². The van der Waals surface area contributed by atoms with Gasteiger partial charge in [-0.3, -0.25) is 4.79 Å². The SMILES string of the molecule is CCC1(C(=O)N(Cc2ccccc2)C(C)C)CCNCC1. The standard InChI is InChI=1S/C18H28N2O/c1-4-18(10-12-19-13-11-18)17(21)20(15(2)3)14-16-8-6-5-7-9-16/h5-9,15,19H,4,10-14H2,1-3H3. The molecule has 0 radical (unpaired) electrons. The van der Waals surface area contributed by atoms with Crippen molar-refractivity contribution in [2.75, 3.05) is 13.1 Å². The first-order chi connectivity index (χ1) is 10.1.